The summed E-state index contributed by atoms with van der Waals surface area (Å²) in [6.45, 7) is 4.22. The van der Waals surface area contributed by atoms with Crippen LogP contribution in [0.5, 0.6) is 0 Å². The predicted molar refractivity (Wildman–Crippen MR) is 47.2 cm³/mol. The van der Waals surface area contributed by atoms with Crippen molar-refractivity contribution < 1.29 is 0 Å². The van der Waals surface area contributed by atoms with Crippen LogP contribution in [0.1, 0.15) is 13.3 Å². The Labute approximate surface area is 68.7 Å². The molecule has 11 heavy (non-hydrogen) atoms. The number of piperidine rings is 1. The van der Waals surface area contributed by atoms with E-state index in [0.717, 1.165) is 19.5 Å². The average molecular weight is 157 g/mol. The Kier molecular flexibility index (Phi) is 2.87. The third-order valence-electron chi connectivity index (χ3n) is 2.59. The standard InChI is InChI=1S/C8H19N3/c1-6(9)7-5-11(2)4-3-8(7)10/h6-8H,3-5,9-10H2,1-2H3. The summed E-state index contributed by atoms with van der Waals surface area (Å²) in [6.07, 6.45) is 1.09. The van der Waals surface area contributed by atoms with Crippen molar-refractivity contribution in [1.29, 1.82) is 0 Å². The molecule has 1 fully saturated rings. The fourth-order valence-electron chi connectivity index (χ4n) is 1.73. The molecule has 1 aliphatic heterocycles. The molecule has 1 aliphatic rings. The van der Waals surface area contributed by atoms with Crippen LogP contribution in [-0.4, -0.2) is 37.1 Å². The average Bonchev–Trinajstić information content (AvgIpc) is 1.94. The largest absolute Gasteiger partial charge is 0.328 e. The summed E-state index contributed by atoms with van der Waals surface area (Å²) < 4.78 is 0. The van der Waals surface area contributed by atoms with Crippen molar-refractivity contribution in [1.82, 2.24) is 4.90 Å². The van der Waals surface area contributed by atoms with E-state index in [1.165, 1.54) is 0 Å². The highest BCUT2D eigenvalue weighted by molar-refractivity contribution is 4.86. The Morgan fingerprint density at radius 2 is 2.18 bits per heavy atom. The minimum absolute atomic E-state index is 0.229. The molecular weight excluding hydrogens is 138 g/mol. The van der Waals surface area contributed by atoms with Crippen LogP contribution in [0.4, 0.5) is 0 Å². The fourth-order valence-corrected chi connectivity index (χ4v) is 1.73. The molecular formula is C8H19N3. The Bertz CT molecular complexity index is 125. The van der Waals surface area contributed by atoms with Gasteiger partial charge < -0.3 is 16.4 Å². The van der Waals surface area contributed by atoms with Gasteiger partial charge in [0.25, 0.3) is 0 Å². The zero-order chi connectivity index (χ0) is 8.43. The smallest absolute Gasteiger partial charge is 0.0106 e. The van der Waals surface area contributed by atoms with Crippen molar-refractivity contribution in [2.75, 3.05) is 20.1 Å². The third kappa shape index (κ3) is 2.15. The van der Waals surface area contributed by atoms with Crippen LogP contribution in [0.15, 0.2) is 0 Å². The molecule has 0 spiro atoms. The van der Waals surface area contributed by atoms with Crippen LogP contribution in [0.25, 0.3) is 0 Å². The number of hydrogen-bond donors (Lipinski definition) is 2. The van der Waals surface area contributed by atoms with E-state index in [2.05, 4.69) is 11.9 Å². The summed E-state index contributed by atoms with van der Waals surface area (Å²) in [4.78, 5) is 2.30. The summed E-state index contributed by atoms with van der Waals surface area (Å²) in [5, 5.41) is 0. The summed E-state index contributed by atoms with van der Waals surface area (Å²) >= 11 is 0. The van der Waals surface area contributed by atoms with Gasteiger partial charge in [0.15, 0.2) is 0 Å². The highest BCUT2D eigenvalue weighted by Crippen LogP contribution is 2.16. The summed E-state index contributed by atoms with van der Waals surface area (Å²) in [7, 11) is 2.13. The molecule has 0 aromatic heterocycles. The molecule has 0 saturated carbocycles. The maximum Gasteiger partial charge on any atom is 0.0106 e. The minimum Gasteiger partial charge on any atom is -0.328 e. The molecule has 1 heterocycles. The van der Waals surface area contributed by atoms with Gasteiger partial charge in [0.2, 0.25) is 0 Å². The Hall–Kier alpha value is -0.120. The van der Waals surface area contributed by atoms with Crippen molar-refractivity contribution in [3.8, 4) is 0 Å². The number of rotatable bonds is 1. The zero-order valence-corrected chi connectivity index (χ0v) is 7.46. The highest BCUT2D eigenvalue weighted by atomic mass is 15.1. The van der Waals surface area contributed by atoms with Crippen LogP contribution < -0.4 is 11.5 Å². The van der Waals surface area contributed by atoms with E-state index in [-0.39, 0.29) is 6.04 Å². The van der Waals surface area contributed by atoms with Crippen LogP contribution in [0, 0.1) is 5.92 Å². The first kappa shape index (κ1) is 8.97. The molecule has 1 rings (SSSR count). The summed E-state index contributed by atoms with van der Waals surface area (Å²) in [5.41, 5.74) is 11.7. The van der Waals surface area contributed by atoms with E-state index < -0.39 is 0 Å². The molecule has 3 heteroatoms. The van der Waals surface area contributed by atoms with E-state index >= 15 is 0 Å². The van der Waals surface area contributed by atoms with Gasteiger partial charge in [-0.25, -0.2) is 0 Å². The zero-order valence-electron chi connectivity index (χ0n) is 7.46. The lowest BCUT2D eigenvalue weighted by molar-refractivity contribution is 0.168. The lowest BCUT2D eigenvalue weighted by atomic mass is 9.88. The second kappa shape index (κ2) is 3.52. The van der Waals surface area contributed by atoms with Crippen molar-refractivity contribution in [3.63, 3.8) is 0 Å². The number of nitrogens with two attached hydrogens (primary N) is 2. The van der Waals surface area contributed by atoms with Gasteiger partial charge in [-0.2, -0.15) is 0 Å². The Balaban J connectivity index is 2.47. The topological polar surface area (TPSA) is 55.3 Å². The lowest BCUT2D eigenvalue weighted by Crippen LogP contribution is -2.51. The van der Waals surface area contributed by atoms with Gasteiger partial charge in [0.1, 0.15) is 0 Å². The SMILES string of the molecule is CC(N)C1CN(C)CCC1N. The molecule has 4 N–H and O–H groups in total. The van der Waals surface area contributed by atoms with Gasteiger partial charge >= 0.3 is 0 Å². The van der Waals surface area contributed by atoms with Crippen molar-refractivity contribution in [3.05, 3.63) is 0 Å². The molecule has 0 amide bonds. The Morgan fingerprint density at radius 1 is 1.55 bits per heavy atom. The van der Waals surface area contributed by atoms with Crippen molar-refractivity contribution in [2.45, 2.75) is 25.4 Å². The monoisotopic (exact) mass is 157 g/mol. The molecule has 0 bridgehead atoms. The second-order valence-corrected chi connectivity index (χ2v) is 3.74. The van der Waals surface area contributed by atoms with E-state index in [9.17, 15) is 0 Å². The van der Waals surface area contributed by atoms with Gasteiger partial charge in [0.05, 0.1) is 0 Å². The molecule has 0 aromatic carbocycles. The van der Waals surface area contributed by atoms with Crippen LogP contribution >= 0.6 is 0 Å². The first-order chi connectivity index (χ1) is 5.11. The molecule has 66 valence electrons. The first-order valence-corrected chi connectivity index (χ1v) is 4.31. The summed E-state index contributed by atoms with van der Waals surface area (Å²) in [6, 6.07) is 0.541. The Morgan fingerprint density at radius 3 is 2.64 bits per heavy atom. The summed E-state index contributed by atoms with van der Waals surface area (Å²) in [5.74, 6) is 0.480. The normalized spacial score (nSPS) is 37.1. The van der Waals surface area contributed by atoms with E-state index in [0.29, 0.717) is 12.0 Å². The molecule has 3 unspecified atom stereocenters. The minimum atomic E-state index is 0.229. The van der Waals surface area contributed by atoms with E-state index in [1.54, 1.807) is 0 Å². The highest BCUT2D eigenvalue weighted by Gasteiger charge is 2.27. The molecule has 1 saturated heterocycles. The molecule has 3 atom stereocenters. The van der Waals surface area contributed by atoms with Crippen LogP contribution in [0.3, 0.4) is 0 Å². The van der Waals surface area contributed by atoms with Crippen molar-refractivity contribution in [2.24, 2.45) is 17.4 Å². The maximum atomic E-state index is 5.94. The van der Waals surface area contributed by atoms with E-state index in [4.69, 9.17) is 11.5 Å². The predicted octanol–water partition coefficient (Wildman–Crippen LogP) is -0.387. The van der Waals surface area contributed by atoms with Crippen molar-refractivity contribution >= 4 is 0 Å². The number of nitrogens with zero attached hydrogens (tertiary/aromatic N) is 1. The van der Waals surface area contributed by atoms with Gasteiger partial charge in [-0.3, -0.25) is 0 Å². The van der Waals surface area contributed by atoms with Gasteiger partial charge in [-0.1, -0.05) is 0 Å². The molecule has 0 aromatic rings. The second-order valence-electron chi connectivity index (χ2n) is 3.74. The lowest BCUT2D eigenvalue weighted by Gasteiger charge is -2.36. The maximum absolute atomic E-state index is 5.94. The quantitative estimate of drug-likeness (QED) is 0.545. The fraction of sp³-hybridized carbons (Fsp3) is 1.00. The van der Waals surface area contributed by atoms with Gasteiger partial charge in [0, 0.05) is 24.5 Å². The number of likely N-dealkylation sites (tertiary alicyclic amines) is 1. The third-order valence-corrected chi connectivity index (χ3v) is 2.59. The molecule has 3 nitrogen and oxygen atoms in total. The molecule has 0 aliphatic carbocycles. The van der Waals surface area contributed by atoms with E-state index in [1.807, 2.05) is 6.92 Å². The molecule has 0 radical (unpaired) electrons. The first-order valence-electron chi connectivity index (χ1n) is 4.31. The van der Waals surface area contributed by atoms with Gasteiger partial charge in [-0.15, -0.1) is 0 Å². The number of hydrogen-bond acceptors (Lipinski definition) is 3. The van der Waals surface area contributed by atoms with Gasteiger partial charge in [-0.05, 0) is 26.9 Å². The van der Waals surface area contributed by atoms with Crippen LogP contribution in [-0.2, 0) is 0 Å². The van der Waals surface area contributed by atoms with Crippen LogP contribution in [0.2, 0.25) is 0 Å².